The lowest BCUT2D eigenvalue weighted by atomic mass is 9.84. The summed E-state index contributed by atoms with van der Waals surface area (Å²) >= 11 is 0. The van der Waals surface area contributed by atoms with Crippen molar-refractivity contribution in [3.63, 3.8) is 0 Å². The molecule has 11 heteroatoms. The van der Waals surface area contributed by atoms with E-state index < -0.39 is 12.1 Å². The maximum absolute atomic E-state index is 13.3. The molecular formula is C24H29F3N6O2. The summed E-state index contributed by atoms with van der Waals surface area (Å²) in [6.45, 7) is 2.31. The van der Waals surface area contributed by atoms with Crippen LogP contribution in [0.4, 0.5) is 13.2 Å². The number of hydrogen-bond donors (Lipinski definition) is 2. The molecule has 5 rings (SSSR count). The first kappa shape index (κ1) is 23.7. The van der Waals surface area contributed by atoms with Crippen molar-refractivity contribution in [2.45, 2.75) is 76.0 Å². The van der Waals surface area contributed by atoms with Gasteiger partial charge >= 0.3 is 6.18 Å². The third kappa shape index (κ3) is 4.90. The third-order valence-corrected chi connectivity index (χ3v) is 7.76. The number of nitrogens with one attached hydrogen (secondary N) is 2. The summed E-state index contributed by atoms with van der Waals surface area (Å²) in [6.07, 6.45) is 0.905. The summed E-state index contributed by atoms with van der Waals surface area (Å²) in [5.74, 6) is -1.76. The number of hydrogen-bond acceptors (Lipinski definition) is 5. The van der Waals surface area contributed by atoms with Crippen LogP contribution in [0.25, 0.3) is 11.4 Å². The molecule has 0 unspecified atom stereocenters. The van der Waals surface area contributed by atoms with Crippen LogP contribution in [0.2, 0.25) is 0 Å². The molecule has 3 heterocycles. The second kappa shape index (κ2) is 8.91. The first-order chi connectivity index (χ1) is 16.6. The second-order valence-corrected chi connectivity index (χ2v) is 10.2. The zero-order valence-electron chi connectivity index (χ0n) is 19.6. The molecule has 1 aliphatic heterocycles. The Morgan fingerprint density at radius 2 is 1.86 bits per heavy atom. The van der Waals surface area contributed by atoms with Gasteiger partial charge in [0.25, 0.3) is 5.91 Å². The number of rotatable bonds is 4. The summed E-state index contributed by atoms with van der Waals surface area (Å²) in [4.78, 5) is 36.4. The Hall–Kier alpha value is -2.98. The Morgan fingerprint density at radius 1 is 1.11 bits per heavy atom. The van der Waals surface area contributed by atoms with E-state index in [4.69, 9.17) is 0 Å². The molecule has 2 saturated carbocycles. The van der Waals surface area contributed by atoms with E-state index in [0.717, 1.165) is 18.5 Å². The van der Waals surface area contributed by atoms with Crippen LogP contribution in [0.15, 0.2) is 18.5 Å². The normalized spacial score (nSPS) is 25.9. The first-order valence-electron chi connectivity index (χ1n) is 12.2. The average molecular weight is 491 g/mol. The lowest BCUT2D eigenvalue weighted by molar-refractivity contribution is -0.182. The summed E-state index contributed by atoms with van der Waals surface area (Å²) in [5, 5.41) is 10.1. The number of aromatic nitrogens is 4. The number of aromatic amines is 1. The monoisotopic (exact) mass is 490 g/mol. The SMILES string of the molecule is Cc1cc(-c2cc(C(=O)N3CC[C@H](C(=O)N[C@H]4CC[C@@H](C(F)(F)F)CC4)CC34CC4)n[nH]2)ncn1. The molecule has 1 atom stereocenters. The van der Waals surface area contributed by atoms with Crippen LogP contribution in [0.3, 0.4) is 0 Å². The van der Waals surface area contributed by atoms with Crippen LogP contribution in [0, 0.1) is 18.8 Å². The predicted octanol–water partition coefficient (Wildman–Crippen LogP) is 3.80. The number of nitrogens with zero attached hydrogens (tertiary/aromatic N) is 4. The summed E-state index contributed by atoms with van der Waals surface area (Å²) < 4.78 is 38.7. The Kier molecular flexibility index (Phi) is 6.04. The zero-order chi connectivity index (χ0) is 24.8. The van der Waals surface area contributed by atoms with E-state index in [2.05, 4.69) is 25.5 Å². The van der Waals surface area contributed by atoms with Gasteiger partial charge in [-0.05, 0) is 70.4 Å². The number of likely N-dealkylation sites (tertiary alicyclic amines) is 1. The van der Waals surface area contributed by atoms with Gasteiger partial charge in [0.2, 0.25) is 5.91 Å². The number of H-pyrrole nitrogens is 1. The number of alkyl halides is 3. The fourth-order valence-electron chi connectivity index (χ4n) is 5.54. The maximum Gasteiger partial charge on any atom is 0.391 e. The molecule has 2 aromatic heterocycles. The van der Waals surface area contributed by atoms with E-state index in [1.165, 1.54) is 6.33 Å². The van der Waals surface area contributed by atoms with Crippen molar-refractivity contribution < 1.29 is 22.8 Å². The molecule has 3 fully saturated rings. The molecule has 8 nitrogen and oxygen atoms in total. The highest BCUT2D eigenvalue weighted by Gasteiger charge is 2.55. The molecule has 35 heavy (non-hydrogen) atoms. The average Bonchev–Trinajstić information content (AvgIpc) is 3.39. The molecule has 2 aromatic rings. The molecule has 188 valence electrons. The van der Waals surface area contributed by atoms with Crippen molar-refractivity contribution >= 4 is 11.8 Å². The van der Waals surface area contributed by atoms with E-state index in [1.54, 1.807) is 6.07 Å². The van der Waals surface area contributed by atoms with Crippen LogP contribution in [-0.2, 0) is 4.79 Å². The van der Waals surface area contributed by atoms with Crippen molar-refractivity contribution in [2.24, 2.45) is 11.8 Å². The number of carbonyl (C=O) groups excluding carboxylic acids is 2. The van der Waals surface area contributed by atoms with E-state index in [9.17, 15) is 22.8 Å². The fraction of sp³-hybridized carbons (Fsp3) is 0.625. The molecule has 0 aromatic carbocycles. The molecule has 1 spiro atoms. The quantitative estimate of drug-likeness (QED) is 0.679. The molecule has 3 aliphatic rings. The van der Waals surface area contributed by atoms with Gasteiger partial charge in [-0.2, -0.15) is 18.3 Å². The van der Waals surface area contributed by atoms with Gasteiger partial charge in [-0.1, -0.05) is 0 Å². The Bertz CT molecular complexity index is 1100. The minimum Gasteiger partial charge on any atom is -0.353 e. The Morgan fingerprint density at radius 3 is 2.51 bits per heavy atom. The molecule has 2 N–H and O–H groups in total. The van der Waals surface area contributed by atoms with E-state index in [-0.39, 0.29) is 42.2 Å². The maximum atomic E-state index is 13.3. The van der Waals surface area contributed by atoms with E-state index in [0.29, 0.717) is 49.3 Å². The lowest BCUT2D eigenvalue weighted by Gasteiger charge is -2.40. The molecule has 0 radical (unpaired) electrons. The van der Waals surface area contributed by atoms with E-state index in [1.807, 2.05) is 17.9 Å². The minimum atomic E-state index is -4.16. The van der Waals surface area contributed by atoms with Gasteiger partial charge in [-0.15, -0.1) is 0 Å². The van der Waals surface area contributed by atoms with Crippen molar-refractivity contribution in [2.75, 3.05) is 6.54 Å². The molecule has 0 bridgehead atoms. The number of amides is 2. The van der Waals surface area contributed by atoms with Gasteiger partial charge in [-0.3, -0.25) is 14.7 Å². The number of piperidine rings is 1. The standard InChI is InChI=1S/C24H29F3N6O2/c1-14-10-18(29-13-28-14)19-11-20(32-31-19)22(35)33-9-6-15(12-23(33)7-8-23)21(34)30-17-4-2-16(3-5-17)24(25,26)27/h10-11,13,15-17H,2-9,12H2,1H3,(H,30,34)(H,31,32)/t15-,16-,17+/m0/s1. The van der Waals surface area contributed by atoms with Crippen molar-refractivity contribution in [1.29, 1.82) is 0 Å². The first-order valence-corrected chi connectivity index (χ1v) is 12.2. The van der Waals surface area contributed by atoms with Gasteiger partial charge in [0.15, 0.2) is 5.69 Å². The van der Waals surface area contributed by atoms with Gasteiger partial charge < -0.3 is 10.2 Å². The topological polar surface area (TPSA) is 104 Å². The van der Waals surface area contributed by atoms with Crippen LogP contribution in [0.5, 0.6) is 0 Å². The molecule has 2 aliphatic carbocycles. The predicted molar refractivity (Wildman–Crippen MR) is 120 cm³/mol. The highest BCUT2D eigenvalue weighted by Crippen LogP contribution is 2.50. The third-order valence-electron chi connectivity index (χ3n) is 7.76. The summed E-state index contributed by atoms with van der Waals surface area (Å²) in [5.41, 5.74) is 2.08. The molecule has 2 amide bonds. The Balaban J connectivity index is 1.19. The Labute approximate surface area is 201 Å². The molecule has 1 saturated heterocycles. The largest absolute Gasteiger partial charge is 0.391 e. The fourth-order valence-corrected chi connectivity index (χ4v) is 5.54. The van der Waals surface area contributed by atoms with Crippen LogP contribution in [-0.4, -0.2) is 61.2 Å². The molecular weight excluding hydrogens is 461 g/mol. The number of halogens is 3. The number of aryl methyl sites for hydroxylation is 1. The van der Waals surface area contributed by atoms with Crippen LogP contribution >= 0.6 is 0 Å². The van der Waals surface area contributed by atoms with E-state index >= 15 is 0 Å². The highest BCUT2D eigenvalue weighted by molar-refractivity contribution is 5.94. The summed E-state index contributed by atoms with van der Waals surface area (Å²) in [7, 11) is 0. The van der Waals surface area contributed by atoms with Crippen molar-refractivity contribution in [1.82, 2.24) is 30.4 Å². The van der Waals surface area contributed by atoms with Crippen molar-refractivity contribution in [3.8, 4) is 11.4 Å². The second-order valence-electron chi connectivity index (χ2n) is 10.2. The summed E-state index contributed by atoms with van der Waals surface area (Å²) in [6, 6.07) is 3.30. The van der Waals surface area contributed by atoms with Crippen molar-refractivity contribution in [3.05, 3.63) is 29.8 Å². The minimum absolute atomic E-state index is 0.0611. The highest BCUT2D eigenvalue weighted by atomic mass is 19.4. The zero-order valence-corrected chi connectivity index (χ0v) is 19.6. The number of carbonyl (C=O) groups is 2. The van der Waals surface area contributed by atoms with Gasteiger partial charge in [0.05, 0.1) is 17.3 Å². The van der Waals surface area contributed by atoms with Gasteiger partial charge in [0, 0.05) is 29.7 Å². The lowest BCUT2D eigenvalue weighted by Crippen LogP contribution is -2.52. The van der Waals surface area contributed by atoms with Gasteiger partial charge in [0.1, 0.15) is 6.33 Å². The van der Waals surface area contributed by atoms with Crippen LogP contribution in [0.1, 0.15) is 67.5 Å². The van der Waals surface area contributed by atoms with Gasteiger partial charge in [-0.25, -0.2) is 9.97 Å². The van der Waals surface area contributed by atoms with Crippen LogP contribution < -0.4 is 5.32 Å². The smallest absolute Gasteiger partial charge is 0.353 e.